The van der Waals surface area contributed by atoms with Crippen molar-refractivity contribution in [2.75, 3.05) is 0 Å². The van der Waals surface area contributed by atoms with Gasteiger partial charge in [-0.15, -0.1) is 11.3 Å². The number of carbonyl (C=O) groups excluding carboxylic acids is 1. The summed E-state index contributed by atoms with van der Waals surface area (Å²) in [5.41, 5.74) is 1.81. The number of carbonyl (C=O) groups is 1. The molecule has 0 fully saturated rings. The fraction of sp³-hybridized carbons (Fsp3) is 0.0769. The van der Waals surface area contributed by atoms with Crippen LogP contribution in [0.1, 0.15) is 15.4 Å². The van der Waals surface area contributed by atoms with Crippen LogP contribution in [0.2, 0.25) is 0 Å². The third-order valence-corrected chi connectivity index (χ3v) is 3.53. The van der Waals surface area contributed by atoms with Crippen molar-refractivity contribution < 1.29 is 4.79 Å². The minimum atomic E-state index is 0.736. The van der Waals surface area contributed by atoms with Gasteiger partial charge in [0.1, 0.15) is 5.01 Å². The van der Waals surface area contributed by atoms with E-state index in [0.29, 0.717) is 0 Å². The standard InChI is InChI=1S/C13H10N2OS/c16-9-10-2-1-3-12-11(10)4-6-15(12)8-13-14-5-7-17-13/h1-7,9H,8H2. The van der Waals surface area contributed by atoms with Crippen LogP contribution in [0.4, 0.5) is 0 Å². The lowest BCUT2D eigenvalue weighted by Gasteiger charge is -2.02. The third-order valence-electron chi connectivity index (χ3n) is 2.76. The van der Waals surface area contributed by atoms with Gasteiger partial charge in [0.2, 0.25) is 0 Å². The Morgan fingerprint density at radius 1 is 1.35 bits per heavy atom. The summed E-state index contributed by atoms with van der Waals surface area (Å²) in [5.74, 6) is 0. The summed E-state index contributed by atoms with van der Waals surface area (Å²) in [6, 6.07) is 7.75. The second-order valence-corrected chi connectivity index (χ2v) is 4.75. The Balaban J connectivity index is 2.09. The quantitative estimate of drug-likeness (QED) is 0.662. The van der Waals surface area contributed by atoms with E-state index < -0.39 is 0 Å². The Hall–Kier alpha value is -1.94. The van der Waals surface area contributed by atoms with Crippen LogP contribution in [0.15, 0.2) is 42.0 Å². The van der Waals surface area contributed by atoms with Crippen molar-refractivity contribution in [3.63, 3.8) is 0 Å². The number of hydrogen-bond acceptors (Lipinski definition) is 3. The number of nitrogens with zero attached hydrogens (tertiary/aromatic N) is 2. The van der Waals surface area contributed by atoms with E-state index >= 15 is 0 Å². The molecule has 0 aliphatic heterocycles. The van der Waals surface area contributed by atoms with Gasteiger partial charge in [-0.05, 0) is 12.1 Å². The molecule has 0 spiro atoms. The first-order valence-electron chi connectivity index (χ1n) is 5.30. The number of aldehydes is 1. The molecule has 0 N–H and O–H groups in total. The van der Waals surface area contributed by atoms with Crippen molar-refractivity contribution in [3.05, 3.63) is 52.6 Å². The first kappa shape index (κ1) is 10.2. The van der Waals surface area contributed by atoms with Gasteiger partial charge in [-0.25, -0.2) is 4.98 Å². The number of rotatable bonds is 3. The zero-order valence-electron chi connectivity index (χ0n) is 9.04. The van der Waals surface area contributed by atoms with Crippen molar-refractivity contribution in [1.82, 2.24) is 9.55 Å². The minimum absolute atomic E-state index is 0.736. The van der Waals surface area contributed by atoms with Gasteiger partial charge in [0.25, 0.3) is 0 Å². The maximum atomic E-state index is 10.9. The van der Waals surface area contributed by atoms with Crippen molar-refractivity contribution >= 4 is 28.5 Å². The van der Waals surface area contributed by atoms with Gasteiger partial charge in [0.15, 0.2) is 6.29 Å². The highest BCUT2D eigenvalue weighted by Crippen LogP contribution is 2.20. The molecule has 0 unspecified atom stereocenters. The first-order valence-corrected chi connectivity index (χ1v) is 6.18. The molecule has 0 radical (unpaired) electrons. The normalized spacial score (nSPS) is 10.8. The van der Waals surface area contributed by atoms with E-state index in [1.54, 1.807) is 11.3 Å². The van der Waals surface area contributed by atoms with E-state index in [1.165, 1.54) is 0 Å². The van der Waals surface area contributed by atoms with E-state index in [4.69, 9.17) is 0 Å². The topological polar surface area (TPSA) is 34.9 Å². The predicted octanol–water partition coefficient (Wildman–Crippen LogP) is 2.96. The number of thiazole rings is 1. The van der Waals surface area contributed by atoms with E-state index in [-0.39, 0.29) is 0 Å². The summed E-state index contributed by atoms with van der Waals surface area (Å²) in [7, 11) is 0. The molecule has 2 heterocycles. The van der Waals surface area contributed by atoms with Crippen molar-refractivity contribution in [3.8, 4) is 0 Å². The molecular formula is C13H10N2OS. The largest absolute Gasteiger partial charge is 0.341 e. The zero-order chi connectivity index (χ0) is 11.7. The molecule has 0 saturated heterocycles. The molecule has 0 saturated carbocycles. The molecule has 17 heavy (non-hydrogen) atoms. The SMILES string of the molecule is O=Cc1cccc2c1ccn2Cc1nccs1. The van der Waals surface area contributed by atoms with Gasteiger partial charge in [-0.3, -0.25) is 4.79 Å². The molecule has 1 aromatic carbocycles. The van der Waals surface area contributed by atoms with Crippen LogP contribution in [0.25, 0.3) is 10.9 Å². The molecule has 3 rings (SSSR count). The van der Waals surface area contributed by atoms with Crippen LogP contribution >= 0.6 is 11.3 Å². The molecule has 0 atom stereocenters. The molecule has 0 bridgehead atoms. The van der Waals surface area contributed by atoms with Crippen LogP contribution in [-0.2, 0) is 6.54 Å². The molecule has 0 aliphatic rings. The van der Waals surface area contributed by atoms with E-state index in [2.05, 4.69) is 9.55 Å². The van der Waals surface area contributed by atoms with E-state index in [1.807, 2.05) is 42.0 Å². The van der Waals surface area contributed by atoms with Crippen LogP contribution < -0.4 is 0 Å². The Morgan fingerprint density at radius 2 is 2.29 bits per heavy atom. The minimum Gasteiger partial charge on any atom is -0.341 e. The molecule has 3 nitrogen and oxygen atoms in total. The number of aromatic nitrogens is 2. The Labute approximate surface area is 102 Å². The van der Waals surface area contributed by atoms with Gasteiger partial charge >= 0.3 is 0 Å². The number of fused-ring (bicyclic) bond motifs is 1. The summed E-state index contributed by atoms with van der Waals surface area (Å²) in [6.07, 6.45) is 4.71. The second-order valence-electron chi connectivity index (χ2n) is 3.77. The lowest BCUT2D eigenvalue weighted by atomic mass is 10.1. The van der Waals surface area contributed by atoms with E-state index in [9.17, 15) is 4.79 Å². The summed E-state index contributed by atoms with van der Waals surface area (Å²) < 4.78 is 2.11. The molecule has 0 aliphatic carbocycles. The van der Waals surface area contributed by atoms with Crippen molar-refractivity contribution in [2.24, 2.45) is 0 Å². The summed E-state index contributed by atoms with van der Waals surface area (Å²) in [5, 5.41) is 4.04. The van der Waals surface area contributed by atoms with Crippen molar-refractivity contribution in [2.45, 2.75) is 6.54 Å². The Kier molecular flexibility index (Phi) is 2.49. The molecule has 4 heteroatoms. The smallest absolute Gasteiger partial charge is 0.150 e. The van der Waals surface area contributed by atoms with Crippen LogP contribution in [0, 0.1) is 0 Å². The lowest BCUT2D eigenvalue weighted by Crippen LogP contribution is -1.97. The molecule has 3 aromatic rings. The zero-order valence-corrected chi connectivity index (χ0v) is 9.85. The van der Waals surface area contributed by atoms with Gasteiger partial charge in [-0.2, -0.15) is 0 Å². The predicted molar refractivity (Wildman–Crippen MR) is 68.5 cm³/mol. The van der Waals surface area contributed by atoms with Gasteiger partial charge in [-0.1, -0.05) is 12.1 Å². The average Bonchev–Trinajstić information content (AvgIpc) is 2.99. The highest BCUT2D eigenvalue weighted by atomic mass is 32.1. The van der Waals surface area contributed by atoms with Gasteiger partial charge in [0.05, 0.1) is 6.54 Å². The lowest BCUT2D eigenvalue weighted by molar-refractivity contribution is 0.112. The highest BCUT2D eigenvalue weighted by Gasteiger charge is 2.05. The first-order chi connectivity index (χ1) is 8.38. The van der Waals surface area contributed by atoms with Crippen LogP contribution in [-0.4, -0.2) is 15.8 Å². The fourth-order valence-corrected chi connectivity index (χ4v) is 2.58. The Morgan fingerprint density at radius 3 is 3.06 bits per heavy atom. The maximum Gasteiger partial charge on any atom is 0.150 e. The summed E-state index contributed by atoms with van der Waals surface area (Å²) >= 11 is 1.64. The second kappa shape index (κ2) is 4.14. The van der Waals surface area contributed by atoms with Gasteiger partial charge in [0, 0.05) is 34.2 Å². The van der Waals surface area contributed by atoms with Crippen molar-refractivity contribution in [1.29, 1.82) is 0 Å². The highest BCUT2D eigenvalue weighted by molar-refractivity contribution is 7.09. The molecule has 0 amide bonds. The molecular weight excluding hydrogens is 232 g/mol. The van der Waals surface area contributed by atoms with Crippen LogP contribution in [0.5, 0.6) is 0 Å². The van der Waals surface area contributed by atoms with Crippen LogP contribution in [0.3, 0.4) is 0 Å². The summed E-state index contributed by atoms with van der Waals surface area (Å²) in [6.45, 7) is 0.753. The number of hydrogen-bond donors (Lipinski definition) is 0. The number of benzene rings is 1. The molecule has 2 aromatic heterocycles. The summed E-state index contributed by atoms with van der Waals surface area (Å²) in [4.78, 5) is 15.2. The third kappa shape index (κ3) is 1.76. The average molecular weight is 242 g/mol. The van der Waals surface area contributed by atoms with Gasteiger partial charge < -0.3 is 4.57 Å². The Bertz CT molecular complexity index is 655. The monoisotopic (exact) mass is 242 g/mol. The maximum absolute atomic E-state index is 10.9. The van der Waals surface area contributed by atoms with E-state index in [0.717, 1.165) is 34.3 Å². The molecule has 84 valence electrons. The fourth-order valence-electron chi connectivity index (χ4n) is 1.96.